The Morgan fingerprint density at radius 3 is 2.00 bits per heavy atom. The van der Waals surface area contributed by atoms with Crippen molar-refractivity contribution in [2.24, 2.45) is 0 Å². The molecule has 78 valence electrons. The molecule has 0 aromatic heterocycles. The SMILES string of the molecule is CCCCCC/C=C/CCCCO. The summed E-state index contributed by atoms with van der Waals surface area (Å²) in [5.41, 5.74) is 0. The Balaban J connectivity index is 2.95. The molecule has 0 unspecified atom stereocenters. The molecule has 0 aromatic carbocycles. The van der Waals surface area contributed by atoms with Crippen LogP contribution < -0.4 is 0 Å². The molecule has 0 heterocycles. The zero-order chi connectivity index (χ0) is 9.78. The molecule has 0 saturated heterocycles. The summed E-state index contributed by atoms with van der Waals surface area (Å²) in [4.78, 5) is 0. The molecule has 0 aliphatic carbocycles. The summed E-state index contributed by atoms with van der Waals surface area (Å²) in [5.74, 6) is 0. The highest BCUT2D eigenvalue weighted by molar-refractivity contribution is 4.81. The fourth-order valence-corrected chi connectivity index (χ4v) is 1.30. The molecule has 0 aromatic rings. The first-order valence-electron chi connectivity index (χ1n) is 5.67. The van der Waals surface area contributed by atoms with Crippen molar-refractivity contribution < 1.29 is 5.11 Å². The normalized spacial score (nSPS) is 11.2. The number of allylic oxidation sites excluding steroid dienone is 2. The largest absolute Gasteiger partial charge is 0.396 e. The Morgan fingerprint density at radius 2 is 1.46 bits per heavy atom. The maximum absolute atomic E-state index is 8.54. The molecule has 0 spiro atoms. The molecule has 0 radical (unpaired) electrons. The van der Waals surface area contributed by atoms with Crippen molar-refractivity contribution >= 4 is 0 Å². The zero-order valence-corrected chi connectivity index (χ0v) is 8.97. The van der Waals surface area contributed by atoms with Crippen molar-refractivity contribution in [1.82, 2.24) is 0 Å². The molecule has 0 atom stereocenters. The van der Waals surface area contributed by atoms with E-state index in [1.165, 1.54) is 32.1 Å². The molecular weight excluding hydrogens is 160 g/mol. The molecular formula is C12H24O. The van der Waals surface area contributed by atoms with Crippen LogP contribution in [0.4, 0.5) is 0 Å². The lowest BCUT2D eigenvalue weighted by atomic mass is 10.1. The Morgan fingerprint density at radius 1 is 0.846 bits per heavy atom. The minimum Gasteiger partial charge on any atom is -0.396 e. The summed E-state index contributed by atoms with van der Waals surface area (Å²) in [6, 6.07) is 0. The average Bonchev–Trinajstić information content (AvgIpc) is 2.16. The van der Waals surface area contributed by atoms with Crippen LogP contribution in [0.2, 0.25) is 0 Å². The average molecular weight is 184 g/mol. The van der Waals surface area contributed by atoms with E-state index < -0.39 is 0 Å². The molecule has 0 aliphatic rings. The third-order valence-electron chi connectivity index (χ3n) is 2.17. The minimum atomic E-state index is 0.338. The Kier molecular flexibility index (Phi) is 11.4. The molecule has 0 saturated carbocycles. The molecule has 0 rings (SSSR count). The summed E-state index contributed by atoms with van der Waals surface area (Å²) in [7, 11) is 0. The molecule has 0 bridgehead atoms. The van der Waals surface area contributed by atoms with Gasteiger partial charge >= 0.3 is 0 Å². The van der Waals surface area contributed by atoms with E-state index in [0.29, 0.717) is 6.61 Å². The smallest absolute Gasteiger partial charge is 0.0431 e. The van der Waals surface area contributed by atoms with Crippen molar-refractivity contribution in [3.8, 4) is 0 Å². The number of hydrogen-bond donors (Lipinski definition) is 1. The zero-order valence-electron chi connectivity index (χ0n) is 8.97. The highest BCUT2D eigenvalue weighted by Crippen LogP contribution is 2.04. The van der Waals surface area contributed by atoms with Gasteiger partial charge in [0.1, 0.15) is 0 Å². The number of aliphatic hydroxyl groups is 1. The first kappa shape index (κ1) is 12.7. The van der Waals surface area contributed by atoms with E-state index >= 15 is 0 Å². The van der Waals surface area contributed by atoms with E-state index in [1.807, 2.05) is 0 Å². The summed E-state index contributed by atoms with van der Waals surface area (Å²) in [5, 5.41) is 8.54. The van der Waals surface area contributed by atoms with Crippen LogP contribution in [0.15, 0.2) is 12.2 Å². The van der Waals surface area contributed by atoms with E-state index in [2.05, 4.69) is 19.1 Å². The molecule has 13 heavy (non-hydrogen) atoms. The van der Waals surface area contributed by atoms with Crippen LogP contribution in [-0.4, -0.2) is 11.7 Å². The van der Waals surface area contributed by atoms with Crippen molar-refractivity contribution in [3.05, 3.63) is 12.2 Å². The molecule has 0 aliphatic heterocycles. The lowest BCUT2D eigenvalue weighted by Crippen LogP contribution is -1.80. The molecule has 0 fully saturated rings. The topological polar surface area (TPSA) is 20.2 Å². The van der Waals surface area contributed by atoms with Crippen LogP contribution >= 0.6 is 0 Å². The van der Waals surface area contributed by atoms with Crippen molar-refractivity contribution in [3.63, 3.8) is 0 Å². The monoisotopic (exact) mass is 184 g/mol. The number of hydrogen-bond acceptors (Lipinski definition) is 1. The number of rotatable bonds is 9. The fraction of sp³-hybridized carbons (Fsp3) is 0.833. The van der Waals surface area contributed by atoms with Crippen LogP contribution in [0, 0.1) is 0 Å². The molecule has 1 N–H and O–H groups in total. The third-order valence-corrected chi connectivity index (χ3v) is 2.17. The van der Waals surface area contributed by atoms with Crippen LogP contribution in [0.25, 0.3) is 0 Å². The molecule has 0 amide bonds. The van der Waals surface area contributed by atoms with Crippen molar-refractivity contribution in [2.45, 2.75) is 58.3 Å². The van der Waals surface area contributed by atoms with Gasteiger partial charge in [-0.1, -0.05) is 38.3 Å². The van der Waals surface area contributed by atoms with E-state index in [-0.39, 0.29) is 0 Å². The van der Waals surface area contributed by atoms with E-state index in [4.69, 9.17) is 5.11 Å². The van der Waals surface area contributed by atoms with Crippen LogP contribution in [0.5, 0.6) is 0 Å². The van der Waals surface area contributed by atoms with Crippen molar-refractivity contribution in [1.29, 1.82) is 0 Å². The van der Waals surface area contributed by atoms with Gasteiger partial charge < -0.3 is 5.11 Å². The van der Waals surface area contributed by atoms with Crippen LogP contribution in [0.1, 0.15) is 58.3 Å². The fourth-order valence-electron chi connectivity index (χ4n) is 1.30. The first-order valence-corrected chi connectivity index (χ1v) is 5.67. The number of unbranched alkanes of at least 4 members (excludes halogenated alkanes) is 6. The van der Waals surface area contributed by atoms with Gasteiger partial charge in [-0.2, -0.15) is 0 Å². The number of aliphatic hydroxyl groups excluding tert-OH is 1. The summed E-state index contributed by atoms with van der Waals surface area (Å²) in [6.45, 7) is 2.58. The Labute approximate surface area is 82.9 Å². The van der Waals surface area contributed by atoms with Gasteiger partial charge in [-0.3, -0.25) is 0 Å². The first-order chi connectivity index (χ1) is 6.41. The predicted molar refractivity (Wildman–Crippen MR) is 58.8 cm³/mol. The second-order valence-electron chi connectivity index (χ2n) is 3.54. The van der Waals surface area contributed by atoms with Gasteiger partial charge in [0.2, 0.25) is 0 Å². The van der Waals surface area contributed by atoms with E-state index in [1.54, 1.807) is 0 Å². The highest BCUT2D eigenvalue weighted by atomic mass is 16.2. The van der Waals surface area contributed by atoms with E-state index in [9.17, 15) is 0 Å². The molecule has 1 heteroatoms. The maximum Gasteiger partial charge on any atom is 0.0431 e. The Bertz CT molecular complexity index is 108. The van der Waals surface area contributed by atoms with Gasteiger partial charge in [0.15, 0.2) is 0 Å². The van der Waals surface area contributed by atoms with Gasteiger partial charge in [0.05, 0.1) is 0 Å². The van der Waals surface area contributed by atoms with Crippen LogP contribution in [0.3, 0.4) is 0 Å². The predicted octanol–water partition coefficient (Wildman–Crippen LogP) is 3.68. The maximum atomic E-state index is 8.54. The van der Waals surface area contributed by atoms with Gasteiger partial charge in [0, 0.05) is 6.61 Å². The minimum absolute atomic E-state index is 0.338. The van der Waals surface area contributed by atoms with Crippen LogP contribution in [-0.2, 0) is 0 Å². The summed E-state index contributed by atoms with van der Waals surface area (Å²) < 4.78 is 0. The quantitative estimate of drug-likeness (QED) is 0.428. The van der Waals surface area contributed by atoms with Gasteiger partial charge in [-0.25, -0.2) is 0 Å². The van der Waals surface area contributed by atoms with Crippen molar-refractivity contribution in [2.75, 3.05) is 6.61 Å². The van der Waals surface area contributed by atoms with Gasteiger partial charge in [-0.15, -0.1) is 0 Å². The molecule has 1 nitrogen and oxygen atoms in total. The van der Waals surface area contributed by atoms with E-state index in [0.717, 1.165) is 19.3 Å². The standard InChI is InChI=1S/C12H24O/c1-2-3-4-5-6-7-8-9-10-11-12-13/h7-8,13H,2-6,9-12H2,1H3/b8-7+. The summed E-state index contributed by atoms with van der Waals surface area (Å²) in [6.07, 6.45) is 14.4. The highest BCUT2D eigenvalue weighted by Gasteiger charge is 1.85. The van der Waals surface area contributed by atoms with Gasteiger partial charge in [0.25, 0.3) is 0 Å². The lowest BCUT2D eigenvalue weighted by Gasteiger charge is -1.94. The summed E-state index contributed by atoms with van der Waals surface area (Å²) >= 11 is 0. The lowest BCUT2D eigenvalue weighted by molar-refractivity contribution is 0.285. The second kappa shape index (κ2) is 11.7. The Hall–Kier alpha value is -0.300. The van der Waals surface area contributed by atoms with Gasteiger partial charge in [-0.05, 0) is 32.1 Å². The second-order valence-corrected chi connectivity index (χ2v) is 3.54. The third kappa shape index (κ3) is 11.7.